The molecule has 0 aromatic heterocycles. The molecule has 0 bridgehead atoms. The Bertz CT molecular complexity index is 208. The normalized spacial score (nSPS) is 7.12. The van der Waals surface area contributed by atoms with Crippen LogP contribution in [0.1, 0.15) is 13.3 Å². The minimum Gasteiger partial charge on any atom is -0.307 e. The average Bonchev–Trinajstić information content (AvgIpc) is 2.41. The van der Waals surface area contributed by atoms with Crippen LogP contribution in [0.5, 0.6) is 0 Å². The molecule has 0 fully saturated rings. The SMILES string of the molecule is C=CC(=O)CC=CC=CC.C=O.C=O.C=O.[Fe]. The van der Waals surface area contributed by atoms with Crippen LogP contribution in [0.4, 0.5) is 0 Å². The fourth-order valence-corrected chi connectivity index (χ4v) is 0.457. The van der Waals surface area contributed by atoms with E-state index < -0.39 is 0 Å². The average molecular weight is 282 g/mol. The van der Waals surface area contributed by atoms with E-state index in [1.54, 1.807) is 0 Å². The Morgan fingerprint density at radius 1 is 1.00 bits per heavy atom. The largest absolute Gasteiger partial charge is 0.307 e. The monoisotopic (exact) mass is 282 g/mol. The van der Waals surface area contributed by atoms with Crippen molar-refractivity contribution >= 4 is 26.2 Å². The van der Waals surface area contributed by atoms with Crippen molar-refractivity contribution in [2.75, 3.05) is 0 Å². The van der Waals surface area contributed by atoms with Crippen molar-refractivity contribution in [3.63, 3.8) is 0 Å². The first-order valence-electron chi connectivity index (χ1n) is 4.11. The van der Waals surface area contributed by atoms with Gasteiger partial charge >= 0.3 is 0 Å². The molecule has 0 atom stereocenters. The quantitative estimate of drug-likeness (QED) is 0.447. The predicted octanol–water partition coefficient (Wildman–Crippen LogP) is 1.71. The second-order valence-electron chi connectivity index (χ2n) is 1.83. The van der Waals surface area contributed by atoms with Crippen molar-refractivity contribution in [1.82, 2.24) is 0 Å². The molecule has 98 valence electrons. The smallest absolute Gasteiger partial charge is 0.158 e. The van der Waals surface area contributed by atoms with Crippen LogP contribution in [0.15, 0.2) is 37.0 Å². The van der Waals surface area contributed by atoms with Gasteiger partial charge in [0.05, 0.1) is 0 Å². The van der Waals surface area contributed by atoms with Gasteiger partial charge in [-0.2, -0.15) is 0 Å². The Balaban J connectivity index is -0.0000000594. The molecule has 0 unspecified atom stereocenters. The Hall–Kier alpha value is -1.58. The van der Waals surface area contributed by atoms with E-state index >= 15 is 0 Å². The molecule has 4 nitrogen and oxygen atoms in total. The molecular formula is C12H18FeO4. The maximum absolute atomic E-state index is 10.6. The van der Waals surface area contributed by atoms with Crippen LogP contribution in [0, 0.1) is 0 Å². The Morgan fingerprint density at radius 2 is 1.41 bits per heavy atom. The van der Waals surface area contributed by atoms with Crippen LogP contribution < -0.4 is 0 Å². The third-order valence-corrected chi connectivity index (χ3v) is 0.986. The topological polar surface area (TPSA) is 68.3 Å². The van der Waals surface area contributed by atoms with Gasteiger partial charge in [-0.25, -0.2) is 0 Å². The van der Waals surface area contributed by atoms with Crippen molar-refractivity contribution in [1.29, 1.82) is 0 Å². The summed E-state index contributed by atoms with van der Waals surface area (Å²) in [6, 6.07) is 0. The Kier molecular flexibility index (Phi) is 81.9. The number of carbonyl (C=O) groups excluding carboxylic acids is 4. The van der Waals surface area contributed by atoms with Crippen molar-refractivity contribution < 1.29 is 36.2 Å². The third-order valence-electron chi connectivity index (χ3n) is 0.986. The number of hydrogen-bond donors (Lipinski definition) is 0. The zero-order chi connectivity index (χ0) is 13.8. The molecule has 17 heavy (non-hydrogen) atoms. The third kappa shape index (κ3) is 54.0. The van der Waals surface area contributed by atoms with E-state index in [1.807, 2.05) is 51.6 Å². The minimum atomic E-state index is 0. The van der Waals surface area contributed by atoms with Crippen molar-refractivity contribution in [2.45, 2.75) is 13.3 Å². The summed E-state index contributed by atoms with van der Waals surface area (Å²) >= 11 is 0. The van der Waals surface area contributed by atoms with E-state index in [0.717, 1.165) is 0 Å². The summed E-state index contributed by atoms with van der Waals surface area (Å²) in [5.41, 5.74) is 0. The molecule has 0 spiro atoms. The van der Waals surface area contributed by atoms with Gasteiger partial charge in [-0.1, -0.05) is 30.9 Å². The molecule has 0 aliphatic carbocycles. The van der Waals surface area contributed by atoms with Crippen molar-refractivity contribution in [3.05, 3.63) is 37.0 Å². The van der Waals surface area contributed by atoms with Gasteiger partial charge in [0.1, 0.15) is 20.4 Å². The van der Waals surface area contributed by atoms with Crippen molar-refractivity contribution in [2.24, 2.45) is 0 Å². The summed E-state index contributed by atoms with van der Waals surface area (Å²) in [5, 5.41) is 0. The summed E-state index contributed by atoms with van der Waals surface area (Å²) in [6.45, 7) is 11.3. The van der Waals surface area contributed by atoms with E-state index in [9.17, 15) is 4.79 Å². The molecule has 0 aliphatic heterocycles. The van der Waals surface area contributed by atoms with E-state index in [1.165, 1.54) is 6.08 Å². The molecule has 0 aromatic carbocycles. The first-order chi connectivity index (χ1) is 7.81. The van der Waals surface area contributed by atoms with E-state index in [4.69, 9.17) is 14.4 Å². The van der Waals surface area contributed by atoms with Crippen LogP contribution in [0.3, 0.4) is 0 Å². The summed E-state index contributed by atoms with van der Waals surface area (Å²) in [5.74, 6) is 0.0563. The van der Waals surface area contributed by atoms with E-state index in [2.05, 4.69) is 6.58 Å². The van der Waals surface area contributed by atoms with Gasteiger partial charge in [0, 0.05) is 23.5 Å². The van der Waals surface area contributed by atoms with Crippen LogP contribution in [-0.2, 0) is 36.2 Å². The van der Waals surface area contributed by atoms with Gasteiger partial charge in [-0.3, -0.25) is 4.79 Å². The number of rotatable bonds is 4. The standard InChI is InChI=1S/C9H12O.3CH2O.Fe/c1-3-5-6-7-8-9(10)4-2;3*1-2;/h3-7H,2,8H2,1H3;3*1H2;. The fraction of sp³-hybridized carbons (Fsp3) is 0.167. The number of ketones is 1. The maximum Gasteiger partial charge on any atom is 0.158 e. The molecule has 0 rings (SSSR count). The number of hydrogen-bond acceptors (Lipinski definition) is 4. The molecule has 0 aromatic rings. The molecule has 0 N–H and O–H groups in total. The maximum atomic E-state index is 10.6. The zero-order valence-electron chi connectivity index (χ0n) is 9.91. The summed E-state index contributed by atoms with van der Waals surface area (Å²) in [7, 11) is 0. The number of carbonyl (C=O) groups is 4. The van der Waals surface area contributed by atoms with Crippen LogP contribution in [0.2, 0.25) is 0 Å². The second kappa shape index (κ2) is 47.2. The molecule has 0 heterocycles. The Labute approximate surface area is 113 Å². The van der Waals surface area contributed by atoms with Crippen molar-refractivity contribution in [3.8, 4) is 0 Å². The summed E-state index contributed by atoms with van der Waals surface area (Å²) < 4.78 is 0. The van der Waals surface area contributed by atoms with Crippen LogP contribution in [0.25, 0.3) is 0 Å². The summed E-state index contributed by atoms with van der Waals surface area (Å²) in [4.78, 5) is 34.6. The van der Waals surface area contributed by atoms with Gasteiger partial charge in [0.25, 0.3) is 0 Å². The first-order valence-corrected chi connectivity index (χ1v) is 4.11. The minimum absolute atomic E-state index is 0. The molecule has 5 heteroatoms. The van der Waals surface area contributed by atoms with Gasteiger partial charge in [-0.05, 0) is 13.0 Å². The van der Waals surface area contributed by atoms with Crippen LogP contribution >= 0.6 is 0 Å². The molecular weight excluding hydrogens is 264 g/mol. The van der Waals surface area contributed by atoms with Gasteiger partial charge in [-0.15, -0.1) is 0 Å². The fourth-order valence-electron chi connectivity index (χ4n) is 0.457. The zero-order valence-corrected chi connectivity index (χ0v) is 11.0. The first kappa shape index (κ1) is 29.5. The van der Waals surface area contributed by atoms with Crippen LogP contribution in [-0.4, -0.2) is 26.2 Å². The molecule has 0 radical (unpaired) electrons. The molecule has 0 aliphatic rings. The van der Waals surface area contributed by atoms with Gasteiger partial charge in [0.15, 0.2) is 5.78 Å². The number of allylic oxidation sites excluding steroid dienone is 5. The van der Waals surface area contributed by atoms with Gasteiger partial charge < -0.3 is 14.4 Å². The molecule has 0 saturated heterocycles. The Morgan fingerprint density at radius 3 is 1.71 bits per heavy atom. The van der Waals surface area contributed by atoms with Gasteiger partial charge in [0.2, 0.25) is 0 Å². The predicted molar refractivity (Wildman–Crippen MR) is 65.1 cm³/mol. The van der Waals surface area contributed by atoms with E-state index in [-0.39, 0.29) is 22.9 Å². The summed E-state index contributed by atoms with van der Waals surface area (Å²) in [6.07, 6.45) is 9.24. The molecule has 0 saturated carbocycles. The second-order valence-corrected chi connectivity index (χ2v) is 1.83. The van der Waals surface area contributed by atoms with E-state index in [0.29, 0.717) is 6.42 Å². The molecule has 0 amide bonds.